The summed E-state index contributed by atoms with van der Waals surface area (Å²) in [5.41, 5.74) is 2.14. The van der Waals surface area contributed by atoms with E-state index in [1.165, 1.54) is 0 Å². The maximum Gasteiger partial charge on any atom is 0.418 e. The summed E-state index contributed by atoms with van der Waals surface area (Å²) in [6.45, 7) is 3.79. The second-order valence-corrected chi connectivity index (χ2v) is 14.6. The Balaban J connectivity index is 1.17. The molecule has 4 aliphatic heterocycles. The monoisotopic (exact) mass is 736 g/mol. The number of para-hydroxylation sites is 1. The van der Waals surface area contributed by atoms with Gasteiger partial charge in [0.15, 0.2) is 0 Å². The van der Waals surface area contributed by atoms with Crippen LogP contribution in [0.15, 0.2) is 36.4 Å². The van der Waals surface area contributed by atoms with Crippen LogP contribution in [-0.2, 0) is 34.8 Å². The molecule has 0 unspecified atom stereocenters. The Bertz CT molecular complexity index is 1580. The van der Waals surface area contributed by atoms with E-state index in [9.17, 15) is 40.7 Å². The van der Waals surface area contributed by atoms with Gasteiger partial charge in [0.25, 0.3) is 0 Å². The van der Waals surface area contributed by atoms with E-state index in [-0.39, 0.29) is 24.1 Å². The summed E-state index contributed by atoms with van der Waals surface area (Å²) in [6.07, 6.45) is -5.96. The van der Waals surface area contributed by atoms with Crippen LogP contribution in [0, 0.1) is 17.8 Å². The lowest BCUT2D eigenvalue weighted by Crippen LogP contribution is -2.50. The maximum atomic E-state index is 14.1. The summed E-state index contributed by atoms with van der Waals surface area (Å²) in [5.74, 6) is -1.08. The van der Waals surface area contributed by atoms with E-state index < -0.39 is 53.3 Å². The fourth-order valence-corrected chi connectivity index (χ4v) is 8.50. The minimum atomic E-state index is -5.16. The topological polar surface area (TPSA) is 111 Å². The van der Waals surface area contributed by atoms with Crippen LogP contribution in [0.4, 0.5) is 42.5 Å². The van der Waals surface area contributed by atoms with Crippen molar-refractivity contribution in [1.82, 2.24) is 20.0 Å². The molecule has 15 heteroatoms. The fraction of sp³-hybridized carbons (Fsp3) is 0.595. The number of rotatable bonds is 7. The SMILES string of the molecule is Nc1c(C(F)(F)F)cc(C[C@@H](CC(=O)N2CCC(N3CCc4ccccc4NC3=O)CC2)C(=O)N2CCC(C3CCNCC3)CC2)cc1C(F)(F)F. The number of likely N-dealkylation sites (tertiary alicyclic amines) is 2. The van der Waals surface area contributed by atoms with Gasteiger partial charge >= 0.3 is 18.4 Å². The van der Waals surface area contributed by atoms with Crippen molar-refractivity contribution in [3.05, 3.63) is 58.7 Å². The van der Waals surface area contributed by atoms with Crippen molar-refractivity contribution in [2.75, 3.05) is 56.9 Å². The molecule has 3 fully saturated rings. The van der Waals surface area contributed by atoms with Crippen LogP contribution in [0.3, 0.4) is 0 Å². The van der Waals surface area contributed by atoms with E-state index in [2.05, 4.69) is 10.6 Å². The van der Waals surface area contributed by atoms with Gasteiger partial charge in [0.1, 0.15) is 0 Å². The Morgan fingerprint density at radius 1 is 0.808 bits per heavy atom. The van der Waals surface area contributed by atoms with Crippen molar-refractivity contribution < 1.29 is 40.7 Å². The van der Waals surface area contributed by atoms with Gasteiger partial charge in [-0.2, -0.15) is 26.3 Å². The number of carbonyl (C=O) groups excluding carboxylic acids is 3. The average Bonchev–Trinajstić information content (AvgIpc) is 3.29. The number of alkyl halides is 6. The number of halogens is 6. The standard InChI is InChI=1S/C37H46F6N6O3/c38-36(39,40)29-20-23(21-30(33(29)44)37(41,42)43)19-27(34(51)48-14-7-25(8-15-48)24-5-12-45-13-6-24)22-32(50)47-16-10-28(11-17-47)49-18-9-26-3-1-2-4-31(26)46-35(49)52/h1-4,20-21,24-25,27-28,45H,5-19,22,44H2,(H,46,52)/t27-/m0/s1. The van der Waals surface area contributed by atoms with Gasteiger partial charge in [-0.25, -0.2) is 4.79 Å². The third-order valence-electron chi connectivity index (χ3n) is 11.4. The van der Waals surface area contributed by atoms with Crippen molar-refractivity contribution in [3.63, 3.8) is 0 Å². The number of nitrogens with one attached hydrogen (secondary N) is 2. The molecule has 0 spiro atoms. The molecule has 9 nitrogen and oxygen atoms in total. The van der Waals surface area contributed by atoms with Gasteiger partial charge < -0.3 is 31.1 Å². The molecule has 2 aromatic rings. The molecule has 2 aromatic carbocycles. The van der Waals surface area contributed by atoms with Gasteiger partial charge in [-0.15, -0.1) is 0 Å². The second kappa shape index (κ2) is 15.5. The van der Waals surface area contributed by atoms with Crippen molar-refractivity contribution in [2.24, 2.45) is 17.8 Å². The van der Waals surface area contributed by atoms with Crippen molar-refractivity contribution in [1.29, 1.82) is 0 Å². The summed E-state index contributed by atoms with van der Waals surface area (Å²) in [5, 5.41) is 6.31. The van der Waals surface area contributed by atoms with Crippen LogP contribution in [-0.4, -0.2) is 84.4 Å². The first-order valence-corrected chi connectivity index (χ1v) is 18.2. The van der Waals surface area contributed by atoms with Crippen LogP contribution >= 0.6 is 0 Å². The quantitative estimate of drug-likeness (QED) is 0.233. The van der Waals surface area contributed by atoms with E-state index >= 15 is 0 Å². The predicted molar refractivity (Wildman–Crippen MR) is 183 cm³/mol. The Morgan fingerprint density at radius 2 is 1.38 bits per heavy atom. The lowest BCUT2D eigenvalue weighted by atomic mass is 9.79. The Hall–Kier alpha value is -4.01. The molecule has 4 aliphatic rings. The minimum absolute atomic E-state index is 0.131. The van der Waals surface area contributed by atoms with Crippen LogP contribution in [0.5, 0.6) is 0 Å². The molecule has 4 heterocycles. The molecule has 52 heavy (non-hydrogen) atoms. The fourth-order valence-electron chi connectivity index (χ4n) is 8.50. The number of nitrogens with zero attached hydrogens (tertiary/aromatic N) is 3. The number of fused-ring (bicyclic) bond motifs is 1. The molecule has 4 N–H and O–H groups in total. The van der Waals surface area contributed by atoms with Gasteiger partial charge in [0.2, 0.25) is 11.8 Å². The second-order valence-electron chi connectivity index (χ2n) is 14.6. The zero-order valence-electron chi connectivity index (χ0n) is 29.0. The van der Waals surface area contributed by atoms with E-state index in [1.807, 2.05) is 24.3 Å². The molecule has 0 radical (unpaired) electrons. The highest BCUT2D eigenvalue weighted by molar-refractivity contribution is 5.91. The molecule has 284 valence electrons. The third-order valence-corrected chi connectivity index (χ3v) is 11.4. The maximum absolute atomic E-state index is 14.1. The zero-order chi connectivity index (χ0) is 37.2. The molecule has 0 saturated carbocycles. The van der Waals surface area contributed by atoms with E-state index in [0.717, 1.165) is 50.0 Å². The first-order valence-electron chi connectivity index (χ1n) is 18.2. The molecule has 6 rings (SSSR count). The number of carbonyl (C=O) groups is 3. The van der Waals surface area contributed by atoms with Crippen molar-refractivity contribution >= 4 is 29.2 Å². The summed E-state index contributed by atoms with van der Waals surface area (Å²) >= 11 is 0. The molecule has 0 bridgehead atoms. The number of hydrogen-bond donors (Lipinski definition) is 3. The van der Waals surface area contributed by atoms with Gasteiger partial charge in [-0.3, -0.25) is 9.59 Å². The average molecular weight is 737 g/mol. The smallest absolute Gasteiger partial charge is 0.398 e. The largest absolute Gasteiger partial charge is 0.418 e. The van der Waals surface area contributed by atoms with Gasteiger partial charge in [-0.1, -0.05) is 18.2 Å². The molecule has 0 aromatic heterocycles. The first-order chi connectivity index (χ1) is 24.7. The summed E-state index contributed by atoms with van der Waals surface area (Å²) in [7, 11) is 0. The van der Waals surface area contributed by atoms with Crippen LogP contribution < -0.4 is 16.4 Å². The number of amides is 4. The highest BCUT2D eigenvalue weighted by atomic mass is 19.4. The van der Waals surface area contributed by atoms with Gasteiger partial charge in [-0.05, 0) is 106 Å². The normalized spacial score (nSPS) is 20.7. The number of anilines is 2. The number of urea groups is 1. The lowest BCUT2D eigenvalue weighted by Gasteiger charge is -2.40. The lowest BCUT2D eigenvalue weighted by molar-refractivity contribution is -0.143. The van der Waals surface area contributed by atoms with Crippen LogP contribution in [0.1, 0.15) is 67.2 Å². The number of hydrogen-bond acceptors (Lipinski definition) is 5. The number of nitrogen functional groups attached to an aromatic ring is 1. The van der Waals surface area contributed by atoms with Gasteiger partial charge in [0.05, 0.1) is 22.7 Å². The Morgan fingerprint density at radius 3 is 2.00 bits per heavy atom. The minimum Gasteiger partial charge on any atom is -0.398 e. The van der Waals surface area contributed by atoms with E-state index in [0.29, 0.717) is 76.0 Å². The molecule has 0 aliphatic carbocycles. The van der Waals surface area contributed by atoms with E-state index in [1.54, 1.807) is 14.7 Å². The summed E-state index contributed by atoms with van der Waals surface area (Å²) in [6, 6.07) is 8.36. The number of piperidine rings is 3. The predicted octanol–water partition coefficient (Wildman–Crippen LogP) is 6.17. The molecular weight excluding hydrogens is 690 g/mol. The number of nitrogens with two attached hydrogens (primary N) is 1. The molecular formula is C37H46F6N6O3. The summed E-state index contributed by atoms with van der Waals surface area (Å²) < 4.78 is 83.4. The Kier molecular flexibility index (Phi) is 11.3. The first kappa shape index (κ1) is 37.7. The highest BCUT2D eigenvalue weighted by Gasteiger charge is 2.42. The third kappa shape index (κ3) is 8.61. The van der Waals surface area contributed by atoms with Crippen LogP contribution in [0.2, 0.25) is 0 Å². The zero-order valence-corrected chi connectivity index (χ0v) is 29.0. The molecule has 4 amide bonds. The van der Waals surface area contributed by atoms with Crippen molar-refractivity contribution in [2.45, 2.75) is 76.2 Å². The van der Waals surface area contributed by atoms with Crippen molar-refractivity contribution in [3.8, 4) is 0 Å². The van der Waals surface area contributed by atoms with Crippen LogP contribution in [0.25, 0.3) is 0 Å². The number of benzene rings is 2. The van der Waals surface area contributed by atoms with E-state index in [4.69, 9.17) is 5.73 Å². The highest BCUT2D eigenvalue weighted by Crippen LogP contribution is 2.43. The summed E-state index contributed by atoms with van der Waals surface area (Å²) in [4.78, 5) is 45.9. The Labute approximate surface area is 299 Å². The van der Waals surface area contributed by atoms with Gasteiger partial charge in [0, 0.05) is 50.9 Å². The molecule has 3 saturated heterocycles. The molecule has 1 atom stereocenters.